The first-order valence-corrected chi connectivity index (χ1v) is 9.13. The van der Waals surface area contributed by atoms with Gasteiger partial charge >= 0.3 is 5.97 Å². The smallest absolute Gasteiger partial charge is 0.312 e. The fourth-order valence-electron chi connectivity index (χ4n) is 3.15. The van der Waals surface area contributed by atoms with Crippen molar-refractivity contribution < 1.29 is 14.3 Å². The number of hydrogen-bond donors (Lipinski definition) is 0. The van der Waals surface area contributed by atoms with Crippen LogP contribution in [0.4, 0.5) is 0 Å². The number of carbonyl (C=O) groups excluding carboxylic acids is 1. The first-order valence-electron chi connectivity index (χ1n) is 9.13. The predicted octanol–water partition coefficient (Wildman–Crippen LogP) is 3.25. The zero-order valence-electron chi connectivity index (χ0n) is 16.4. The van der Waals surface area contributed by atoms with Gasteiger partial charge in [0.25, 0.3) is 0 Å². The summed E-state index contributed by atoms with van der Waals surface area (Å²) in [6, 6.07) is 14.0. The first kappa shape index (κ1) is 19.1. The minimum Gasteiger partial charge on any atom is -0.488 e. The maximum Gasteiger partial charge on any atom is 0.312 e. The van der Waals surface area contributed by atoms with Gasteiger partial charge < -0.3 is 14.4 Å². The summed E-state index contributed by atoms with van der Waals surface area (Å²) in [4.78, 5) is 19.0. The molecule has 2 aromatic carbocycles. The van der Waals surface area contributed by atoms with Crippen molar-refractivity contribution in [3.8, 4) is 5.75 Å². The molecule has 1 unspecified atom stereocenters. The van der Waals surface area contributed by atoms with E-state index in [4.69, 9.17) is 14.5 Å². The van der Waals surface area contributed by atoms with E-state index in [0.717, 1.165) is 40.3 Å². The van der Waals surface area contributed by atoms with E-state index in [-0.39, 0.29) is 11.9 Å². The van der Waals surface area contributed by atoms with Gasteiger partial charge in [0.15, 0.2) is 0 Å². The largest absolute Gasteiger partial charge is 0.488 e. The minimum atomic E-state index is -0.346. The van der Waals surface area contributed by atoms with Crippen LogP contribution in [0.5, 0.6) is 5.75 Å². The van der Waals surface area contributed by atoms with Gasteiger partial charge in [-0.25, -0.2) is 0 Å². The van der Waals surface area contributed by atoms with Crippen LogP contribution in [0.25, 0.3) is 0 Å². The number of carbonyl (C=O) groups is 1. The molecule has 0 aromatic heterocycles. The van der Waals surface area contributed by atoms with Crippen molar-refractivity contribution in [1.82, 2.24) is 4.90 Å². The second-order valence-corrected chi connectivity index (χ2v) is 6.98. The molecule has 2 aromatic rings. The van der Waals surface area contributed by atoms with Crippen LogP contribution in [0.3, 0.4) is 0 Å². The Hall–Kier alpha value is -2.66. The average Bonchev–Trinajstić information content (AvgIpc) is 2.83. The lowest BCUT2D eigenvalue weighted by molar-refractivity contribution is -0.141. The lowest BCUT2D eigenvalue weighted by atomic mass is 9.93. The maximum atomic E-state index is 12.0. The highest BCUT2D eigenvalue weighted by Crippen LogP contribution is 2.32. The molecule has 1 heterocycles. The Labute approximate surface area is 160 Å². The van der Waals surface area contributed by atoms with Gasteiger partial charge in [-0.05, 0) is 44.3 Å². The number of fused-ring (bicyclic) bond motifs is 2. The van der Waals surface area contributed by atoms with Gasteiger partial charge in [0, 0.05) is 17.7 Å². The highest BCUT2D eigenvalue weighted by atomic mass is 16.5. The van der Waals surface area contributed by atoms with Crippen molar-refractivity contribution in [2.45, 2.75) is 19.4 Å². The van der Waals surface area contributed by atoms with Gasteiger partial charge in [-0.3, -0.25) is 9.79 Å². The Balaban J connectivity index is 2.09. The molecule has 1 aliphatic heterocycles. The standard InChI is InChI=1S/C22H26N2O3/c1-15(22(25)26-4)16-9-10-20-19(13-16)21(23-11-12-24(2)3)18-8-6-5-7-17(18)14-27-20/h5-10,13,15H,11-12,14H2,1-4H3/b23-21-. The summed E-state index contributed by atoms with van der Waals surface area (Å²) < 4.78 is 11.0. The molecule has 5 nitrogen and oxygen atoms in total. The van der Waals surface area contributed by atoms with Crippen LogP contribution < -0.4 is 4.74 Å². The minimum absolute atomic E-state index is 0.254. The third-order valence-electron chi connectivity index (χ3n) is 4.79. The zero-order valence-corrected chi connectivity index (χ0v) is 16.4. The monoisotopic (exact) mass is 366 g/mol. The SMILES string of the molecule is COC(=O)C(C)c1ccc2c(c1)/C(=N\CCN(C)C)c1ccccc1CO2. The number of nitrogens with zero attached hydrogens (tertiary/aromatic N) is 2. The second kappa shape index (κ2) is 8.35. The number of hydrogen-bond acceptors (Lipinski definition) is 5. The topological polar surface area (TPSA) is 51.1 Å². The van der Waals surface area contributed by atoms with Crippen LogP contribution in [0.2, 0.25) is 0 Å². The van der Waals surface area contributed by atoms with Crippen molar-refractivity contribution >= 4 is 11.7 Å². The summed E-state index contributed by atoms with van der Waals surface area (Å²) in [5, 5.41) is 0. The quantitative estimate of drug-likeness (QED) is 0.762. The summed E-state index contributed by atoms with van der Waals surface area (Å²) >= 11 is 0. The van der Waals surface area contributed by atoms with Crippen molar-refractivity contribution in [2.75, 3.05) is 34.3 Å². The number of likely N-dealkylation sites (N-methyl/N-ethyl adjacent to an activating group) is 1. The molecule has 142 valence electrons. The van der Waals surface area contributed by atoms with E-state index >= 15 is 0 Å². The number of ether oxygens (including phenoxy) is 2. The molecule has 27 heavy (non-hydrogen) atoms. The molecule has 0 N–H and O–H groups in total. The summed E-state index contributed by atoms with van der Waals surface area (Å²) in [5.74, 6) is 0.188. The van der Waals surface area contributed by atoms with E-state index < -0.39 is 0 Å². The molecule has 3 rings (SSSR count). The Morgan fingerprint density at radius 2 is 2.00 bits per heavy atom. The summed E-state index contributed by atoms with van der Waals surface area (Å²) in [7, 11) is 5.48. The summed E-state index contributed by atoms with van der Waals surface area (Å²) in [6.45, 7) is 3.90. The zero-order chi connectivity index (χ0) is 19.4. The van der Waals surface area contributed by atoms with Gasteiger partial charge in [-0.1, -0.05) is 30.3 Å². The molecule has 0 saturated carbocycles. The van der Waals surface area contributed by atoms with Gasteiger partial charge in [0.05, 0.1) is 25.3 Å². The number of methoxy groups -OCH3 is 1. The second-order valence-electron chi connectivity index (χ2n) is 6.98. The van der Waals surface area contributed by atoms with E-state index in [1.807, 2.05) is 51.4 Å². The molecule has 5 heteroatoms. The number of rotatable bonds is 5. The fraction of sp³-hybridized carbons (Fsp3) is 0.364. The lowest BCUT2D eigenvalue weighted by Gasteiger charge is -2.15. The Bertz CT molecular complexity index is 858. The summed E-state index contributed by atoms with van der Waals surface area (Å²) in [5.41, 5.74) is 4.92. The molecule has 1 atom stereocenters. The number of aliphatic imine (C=N–C) groups is 1. The van der Waals surface area contributed by atoms with Crippen LogP contribution in [-0.4, -0.2) is 50.9 Å². The predicted molar refractivity (Wildman–Crippen MR) is 107 cm³/mol. The van der Waals surface area contributed by atoms with Crippen molar-refractivity contribution in [3.05, 3.63) is 64.7 Å². The molecule has 0 spiro atoms. The van der Waals surface area contributed by atoms with Crippen LogP contribution in [0.15, 0.2) is 47.5 Å². The fourth-order valence-corrected chi connectivity index (χ4v) is 3.15. The number of benzene rings is 2. The van der Waals surface area contributed by atoms with E-state index in [0.29, 0.717) is 13.2 Å². The van der Waals surface area contributed by atoms with Crippen LogP contribution in [-0.2, 0) is 16.1 Å². The highest BCUT2D eigenvalue weighted by molar-refractivity contribution is 6.15. The third kappa shape index (κ3) is 4.19. The van der Waals surface area contributed by atoms with Gasteiger partial charge in [-0.2, -0.15) is 0 Å². The summed E-state index contributed by atoms with van der Waals surface area (Å²) in [6.07, 6.45) is 0. The Morgan fingerprint density at radius 3 is 2.74 bits per heavy atom. The van der Waals surface area contributed by atoms with Gasteiger partial charge in [-0.15, -0.1) is 0 Å². The van der Waals surface area contributed by atoms with Crippen molar-refractivity contribution in [2.24, 2.45) is 4.99 Å². The van der Waals surface area contributed by atoms with Crippen molar-refractivity contribution in [3.63, 3.8) is 0 Å². The molecule has 0 bridgehead atoms. The average molecular weight is 366 g/mol. The maximum absolute atomic E-state index is 12.0. The Kier molecular flexibility index (Phi) is 5.91. The van der Waals surface area contributed by atoms with E-state index in [1.165, 1.54) is 7.11 Å². The molecular formula is C22H26N2O3. The molecule has 0 radical (unpaired) electrons. The van der Waals surface area contributed by atoms with E-state index in [1.54, 1.807) is 0 Å². The molecular weight excluding hydrogens is 340 g/mol. The molecule has 1 aliphatic rings. The van der Waals surface area contributed by atoms with Gasteiger partial charge in [0.2, 0.25) is 0 Å². The first-order chi connectivity index (χ1) is 13.0. The van der Waals surface area contributed by atoms with E-state index in [2.05, 4.69) is 17.0 Å². The van der Waals surface area contributed by atoms with E-state index in [9.17, 15) is 4.79 Å². The third-order valence-corrected chi connectivity index (χ3v) is 4.79. The molecule has 0 saturated heterocycles. The van der Waals surface area contributed by atoms with Crippen LogP contribution in [0.1, 0.15) is 35.1 Å². The Morgan fingerprint density at radius 1 is 1.22 bits per heavy atom. The normalized spacial score (nSPS) is 15.5. The lowest BCUT2D eigenvalue weighted by Crippen LogP contribution is -2.17. The van der Waals surface area contributed by atoms with Crippen LogP contribution in [0, 0.1) is 0 Å². The molecule has 0 aliphatic carbocycles. The van der Waals surface area contributed by atoms with Crippen LogP contribution >= 0.6 is 0 Å². The van der Waals surface area contributed by atoms with Gasteiger partial charge in [0.1, 0.15) is 12.4 Å². The van der Waals surface area contributed by atoms with Crippen molar-refractivity contribution in [1.29, 1.82) is 0 Å². The molecule has 0 fully saturated rings. The number of esters is 1. The highest BCUT2D eigenvalue weighted by Gasteiger charge is 2.23. The molecule has 0 amide bonds.